The number of aliphatic carboxylic acids is 1. The number of carboxylic acids is 1. The summed E-state index contributed by atoms with van der Waals surface area (Å²) in [6.45, 7) is 6.91. The highest BCUT2D eigenvalue weighted by atomic mass is 19.1. The van der Waals surface area contributed by atoms with Crippen LogP contribution in [0.15, 0.2) is 60.7 Å². The zero-order valence-electron chi connectivity index (χ0n) is 22.4. The zero-order chi connectivity index (χ0) is 26.7. The maximum absolute atomic E-state index is 15.0. The molecule has 1 N–H and O–H groups in total. The number of benzene rings is 3. The van der Waals surface area contributed by atoms with E-state index < -0.39 is 5.97 Å². The summed E-state index contributed by atoms with van der Waals surface area (Å²) in [7, 11) is 0. The highest BCUT2D eigenvalue weighted by molar-refractivity contribution is 5.85. The Morgan fingerprint density at radius 2 is 1.84 bits per heavy atom. The highest BCUT2D eigenvalue weighted by Gasteiger charge is 2.54. The van der Waals surface area contributed by atoms with E-state index in [2.05, 4.69) is 38.1 Å². The van der Waals surface area contributed by atoms with Crippen LogP contribution < -0.4 is 4.74 Å². The summed E-state index contributed by atoms with van der Waals surface area (Å²) in [4.78, 5) is 11.8. The van der Waals surface area contributed by atoms with Crippen LogP contribution in [0, 0.1) is 24.1 Å². The van der Waals surface area contributed by atoms with Crippen molar-refractivity contribution in [2.75, 3.05) is 0 Å². The summed E-state index contributed by atoms with van der Waals surface area (Å²) in [6, 6.07) is 17.7. The van der Waals surface area contributed by atoms with Crippen molar-refractivity contribution >= 4 is 11.5 Å². The van der Waals surface area contributed by atoms with Gasteiger partial charge in [0.2, 0.25) is 0 Å². The van der Waals surface area contributed by atoms with Crippen LogP contribution in [0.5, 0.6) is 5.75 Å². The molecule has 0 saturated heterocycles. The monoisotopic (exact) mass is 510 g/mol. The Kier molecular flexibility index (Phi) is 5.97. The average molecular weight is 511 g/mol. The minimum atomic E-state index is -0.683. The number of fused-ring (bicyclic) bond motifs is 2. The molecule has 3 aromatic rings. The van der Waals surface area contributed by atoms with Gasteiger partial charge in [-0.15, -0.1) is 0 Å². The fourth-order valence-corrected chi connectivity index (χ4v) is 7.05. The van der Waals surface area contributed by atoms with Crippen LogP contribution in [0.3, 0.4) is 0 Å². The van der Waals surface area contributed by atoms with Crippen LogP contribution in [0.2, 0.25) is 0 Å². The first-order valence-electron chi connectivity index (χ1n) is 13.8. The van der Waals surface area contributed by atoms with Crippen molar-refractivity contribution in [3.63, 3.8) is 0 Å². The molecule has 0 aromatic heterocycles. The van der Waals surface area contributed by atoms with E-state index in [1.807, 2.05) is 37.3 Å². The topological polar surface area (TPSA) is 46.5 Å². The van der Waals surface area contributed by atoms with E-state index in [9.17, 15) is 14.3 Å². The molecule has 0 aliphatic heterocycles. The Hall–Kier alpha value is -3.40. The summed E-state index contributed by atoms with van der Waals surface area (Å²) < 4.78 is 21.3. The number of hydrogen-bond acceptors (Lipinski definition) is 2. The van der Waals surface area contributed by atoms with Crippen LogP contribution in [-0.2, 0) is 23.2 Å². The fourth-order valence-electron chi connectivity index (χ4n) is 7.05. The molecule has 0 unspecified atom stereocenters. The predicted octanol–water partition coefficient (Wildman–Crippen LogP) is 8.26. The van der Waals surface area contributed by atoms with Crippen molar-refractivity contribution in [3.8, 4) is 16.9 Å². The van der Waals surface area contributed by atoms with E-state index >= 15 is 0 Å². The number of carboxylic acid groups (broad SMARTS) is 1. The SMILES string of the molecule is Cc1ccc(F)c(-c2ccc(COc3ccc4c(c3)[C@@]3(CC4)CC[C@@H]3C(=O)O)cc2C2=CCCC2(C)C)c1. The minimum absolute atomic E-state index is 0.0201. The van der Waals surface area contributed by atoms with E-state index in [0.717, 1.165) is 72.1 Å². The fraction of sp³-hybridized carbons (Fsp3) is 0.382. The number of carbonyl (C=O) groups is 1. The molecule has 3 aromatic carbocycles. The van der Waals surface area contributed by atoms with Gasteiger partial charge in [-0.25, -0.2) is 4.39 Å². The van der Waals surface area contributed by atoms with Gasteiger partial charge >= 0.3 is 5.97 Å². The quantitative estimate of drug-likeness (QED) is 0.363. The van der Waals surface area contributed by atoms with Crippen molar-refractivity contribution in [2.24, 2.45) is 11.3 Å². The highest BCUT2D eigenvalue weighted by Crippen LogP contribution is 2.57. The van der Waals surface area contributed by atoms with Crippen molar-refractivity contribution in [1.82, 2.24) is 0 Å². The third-order valence-electron chi connectivity index (χ3n) is 9.34. The Morgan fingerprint density at radius 1 is 1.00 bits per heavy atom. The number of ether oxygens (including phenoxy) is 1. The number of aryl methyl sites for hydroxylation is 2. The largest absolute Gasteiger partial charge is 0.489 e. The van der Waals surface area contributed by atoms with E-state index in [-0.39, 0.29) is 22.6 Å². The van der Waals surface area contributed by atoms with Crippen LogP contribution in [-0.4, -0.2) is 11.1 Å². The molecule has 38 heavy (non-hydrogen) atoms. The second-order valence-electron chi connectivity index (χ2n) is 12.1. The van der Waals surface area contributed by atoms with Crippen LogP contribution >= 0.6 is 0 Å². The lowest BCUT2D eigenvalue weighted by Gasteiger charge is -2.45. The zero-order valence-corrected chi connectivity index (χ0v) is 22.4. The predicted molar refractivity (Wildman–Crippen MR) is 149 cm³/mol. The van der Waals surface area contributed by atoms with E-state index in [1.165, 1.54) is 11.1 Å². The van der Waals surface area contributed by atoms with Crippen LogP contribution in [0.1, 0.15) is 73.8 Å². The lowest BCUT2D eigenvalue weighted by molar-refractivity contribution is -0.149. The standard InChI is InChI=1S/C34H35FO3/c1-21-6-11-31(35)27(17-21)25-10-7-22(18-26(25)28-5-4-14-33(28,2)3)20-38-24-9-8-23-12-15-34(30(23)19-24)16-13-29(34)32(36)37/h5-11,17-19,29H,4,12-16,20H2,1-3H3,(H,36,37)/t29-,34+/m1/s1. The third-order valence-corrected chi connectivity index (χ3v) is 9.34. The van der Waals surface area contributed by atoms with Crippen molar-refractivity contribution in [3.05, 3.63) is 94.3 Å². The molecule has 0 bridgehead atoms. The summed E-state index contributed by atoms with van der Waals surface area (Å²) in [5.41, 5.74) is 8.16. The van der Waals surface area contributed by atoms with Gasteiger partial charge < -0.3 is 9.84 Å². The molecule has 0 amide bonds. The molecule has 3 nitrogen and oxygen atoms in total. The first-order chi connectivity index (χ1) is 18.2. The van der Waals surface area contributed by atoms with Crippen molar-refractivity contribution in [1.29, 1.82) is 0 Å². The Morgan fingerprint density at radius 3 is 2.55 bits per heavy atom. The first-order valence-corrected chi connectivity index (χ1v) is 13.8. The van der Waals surface area contributed by atoms with Gasteiger partial charge in [0.15, 0.2) is 0 Å². The second kappa shape index (κ2) is 9.11. The first kappa shape index (κ1) is 24.9. The van der Waals surface area contributed by atoms with Crippen molar-refractivity contribution in [2.45, 2.75) is 71.3 Å². The van der Waals surface area contributed by atoms with Gasteiger partial charge in [0.25, 0.3) is 0 Å². The molecule has 3 aliphatic rings. The molecular formula is C34H35FO3. The summed E-state index contributed by atoms with van der Waals surface area (Å²) in [5.74, 6) is -0.409. The second-order valence-corrected chi connectivity index (χ2v) is 12.1. The summed E-state index contributed by atoms with van der Waals surface area (Å²) in [5, 5.41) is 9.74. The van der Waals surface area contributed by atoms with E-state index in [0.29, 0.717) is 12.2 Å². The van der Waals surface area contributed by atoms with Crippen LogP contribution in [0.4, 0.5) is 4.39 Å². The summed E-state index contributed by atoms with van der Waals surface area (Å²) in [6.07, 6.45) is 7.93. The minimum Gasteiger partial charge on any atom is -0.489 e. The smallest absolute Gasteiger partial charge is 0.307 e. The molecular weight excluding hydrogens is 475 g/mol. The summed E-state index contributed by atoms with van der Waals surface area (Å²) >= 11 is 0. The molecule has 4 heteroatoms. The maximum Gasteiger partial charge on any atom is 0.307 e. The number of allylic oxidation sites excluding steroid dienone is 2. The Balaban J connectivity index is 1.31. The average Bonchev–Trinajstić information content (AvgIpc) is 3.43. The molecule has 6 rings (SSSR count). The van der Waals surface area contributed by atoms with Gasteiger partial charge in [0.1, 0.15) is 18.2 Å². The molecule has 196 valence electrons. The van der Waals surface area contributed by atoms with E-state index in [4.69, 9.17) is 4.74 Å². The Bertz CT molecular complexity index is 1470. The lowest BCUT2D eigenvalue weighted by atomic mass is 9.57. The molecule has 3 aliphatic carbocycles. The van der Waals surface area contributed by atoms with Gasteiger partial charge in [-0.2, -0.15) is 0 Å². The van der Waals surface area contributed by atoms with Gasteiger partial charge in [-0.1, -0.05) is 49.8 Å². The molecule has 1 saturated carbocycles. The molecule has 2 atom stereocenters. The molecule has 0 heterocycles. The maximum atomic E-state index is 15.0. The van der Waals surface area contributed by atoms with Crippen LogP contribution in [0.25, 0.3) is 16.7 Å². The number of rotatable bonds is 6. The van der Waals surface area contributed by atoms with Crippen molar-refractivity contribution < 1.29 is 19.0 Å². The molecule has 1 spiro atoms. The van der Waals surface area contributed by atoms with E-state index in [1.54, 1.807) is 6.07 Å². The number of hydrogen-bond donors (Lipinski definition) is 1. The van der Waals surface area contributed by atoms with Gasteiger partial charge in [0, 0.05) is 11.0 Å². The molecule has 1 fully saturated rings. The van der Waals surface area contributed by atoms with Gasteiger partial charge in [-0.3, -0.25) is 4.79 Å². The van der Waals surface area contributed by atoms with Gasteiger partial charge in [-0.05, 0) is 115 Å². The molecule has 0 radical (unpaired) electrons. The third kappa shape index (κ3) is 4.05. The lowest BCUT2D eigenvalue weighted by Crippen LogP contribution is -2.46. The Labute approximate surface area is 224 Å². The van der Waals surface area contributed by atoms with Gasteiger partial charge in [0.05, 0.1) is 5.92 Å². The normalized spacial score (nSPS) is 23.2. The number of halogens is 1.